The Bertz CT molecular complexity index is 388. The Labute approximate surface area is 142 Å². The molecule has 1 unspecified atom stereocenters. The van der Waals surface area contributed by atoms with Crippen LogP contribution in [0.5, 0.6) is 11.5 Å². The van der Waals surface area contributed by atoms with Crippen molar-refractivity contribution in [2.75, 3.05) is 13.2 Å². The molecule has 1 aromatic carbocycles. The number of rotatable bonds is 5. The summed E-state index contributed by atoms with van der Waals surface area (Å²) in [5.41, 5.74) is 0.369. The van der Waals surface area contributed by atoms with Gasteiger partial charge in [-0.25, -0.2) is 0 Å². The first-order valence-electron chi connectivity index (χ1n) is 7.20. The molecule has 1 fully saturated rings. The first kappa shape index (κ1) is 20.5. The maximum absolute atomic E-state index is 11.4. The Kier molecular flexibility index (Phi) is 11.8. The largest absolute Gasteiger partial charge is 1.00 e. The van der Waals surface area contributed by atoms with E-state index in [1.807, 2.05) is 19.9 Å². The van der Waals surface area contributed by atoms with Gasteiger partial charge in [0.25, 0.3) is 0 Å². The number of hydrogen-bond acceptors (Lipinski definition) is 3. The zero-order valence-electron chi connectivity index (χ0n) is 13.4. The summed E-state index contributed by atoms with van der Waals surface area (Å²) in [5.74, 6) is 1.15. The second-order valence-corrected chi connectivity index (χ2v) is 4.96. The average molecular weight is 302 g/mol. The van der Waals surface area contributed by atoms with Crippen molar-refractivity contribution in [1.29, 1.82) is 0 Å². The predicted molar refractivity (Wildman–Crippen MR) is 85.6 cm³/mol. The van der Waals surface area contributed by atoms with E-state index in [1.165, 1.54) is 25.7 Å². The molecule has 3 nitrogen and oxygen atoms in total. The van der Waals surface area contributed by atoms with E-state index in [1.54, 1.807) is 12.1 Å². The summed E-state index contributed by atoms with van der Waals surface area (Å²) >= 11 is 0. The Hall–Kier alpha value is -0.483. The fraction of sp³-hybridized carbons (Fsp3) is 0.500. The summed E-state index contributed by atoms with van der Waals surface area (Å²) in [6.45, 7) is 4.82. The van der Waals surface area contributed by atoms with Crippen LogP contribution in [0.25, 0.3) is 0 Å². The molecule has 5 heteroatoms. The Morgan fingerprint density at radius 3 is 1.90 bits per heavy atom. The molecular weight excluding hydrogens is 278 g/mol. The Morgan fingerprint density at radius 1 is 1.14 bits per heavy atom. The molecule has 112 valence electrons. The standard InChI is InChI=1S/C11H15O3P.C5H9.Li/c1-3-13-8-6-5-7-9(14-4-2)10(8)11(12)15;1-2-4-5-3-1;/h5-7H,3-4,15H2,1-2H3;1H,2-5H2;/q;-1;+1. The van der Waals surface area contributed by atoms with Gasteiger partial charge in [-0.1, -0.05) is 28.1 Å². The first-order valence-corrected chi connectivity index (χ1v) is 7.78. The van der Waals surface area contributed by atoms with E-state index in [2.05, 4.69) is 15.7 Å². The molecule has 2 rings (SSSR count). The van der Waals surface area contributed by atoms with Gasteiger partial charge >= 0.3 is 18.9 Å². The van der Waals surface area contributed by atoms with Crippen LogP contribution in [0, 0.1) is 6.42 Å². The maximum atomic E-state index is 11.4. The molecule has 1 aliphatic rings. The molecule has 0 bridgehead atoms. The van der Waals surface area contributed by atoms with E-state index >= 15 is 0 Å². The van der Waals surface area contributed by atoms with Crippen molar-refractivity contribution < 1.29 is 33.1 Å². The van der Waals surface area contributed by atoms with Gasteiger partial charge in [-0.15, -0.1) is 0 Å². The van der Waals surface area contributed by atoms with Gasteiger partial charge in [-0.3, -0.25) is 4.79 Å². The van der Waals surface area contributed by atoms with Crippen molar-refractivity contribution in [3.63, 3.8) is 0 Å². The van der Waals surface area contributed by atoms with Crippen molar-refractivity contribution in [2.45, 2.75) is 39.5 Å². The van der Waals surface area contributed by atoms with Gasteiger partial charge in [0.05, 0.1) is 13.2 Å². The summed E-state index contributed by atoms with van der Waals surface area (Å²) in [7, 11) is 2.14. The number of carbonyl (C=O) groups excluding carboxylic acids is 1. The maximum Gasteiger partial charge on any atom is 1.00 e. The number of benzene rings is 1. The molecule has 0 aromatic heterocycles. The van der Waals surface area contributed by atoms with Crippen molar-refractivity contribution in [3.05, 3.63) is 30.2 Å². The van der Waals surface area contributed by atoms with Crippen LogP contribution in [-0.2, 0) is 0 Å². The van der Waals surface area contributed by atoms with E-state index in [-0.39, 0.29) is 24.4 Å². The fourth-order valence-electron chi connectivity index (χ4n) is 2.03. The average Bonchev–Trinajstić information content (AvgIpc) is 2.98. The first-order chi connectivity index (χ1) is 9.70. The fourth-order valence-corrected chi connectivity index (χ4v) is 2.31. The van der Waals surface area contributed by atoms with E-state index in [0.29, 0.717) is 30.3 Å². The SMILES string of the molecule is CCOc1cccc(OCC)c1C(=O)P.[CH-]1CCCC1.[Li+]. The summed E-state index contributed by atoms with van der Waals surface area (Å²) in [6, 6.07) is 5.35. The van der Waals surface area contributed by atoms with Gasteiger partial charge in [0.2, 0.25) is 0 Å². The summed E-state index contributed by atoms with van der Waals surface area (Å²) in [6.07, 6.45) is 8.00. The zero-order chi connectivity index (χ0) is 14.8. The second kappa shape index (κ2) is 12.1. The van der Waals surface area contributed by atoms with E-state index < -0.39 is 0 Å². The molecule has 0 spiro atoms. The van der Waals surface area contributed by atoms with Gasteiger partial charge in [-0.05, 0) is 26.0 Å². The zero-order valence-corrected chi connectivity index (χ0v) is 14.5. The van der Waals surface area contributed by atoms with Crippen LogP contribution in [0.3, 0.4) is 0 Å². The third kappa shape index (κ3) is 7.36. The van der Waals surface area contributed by atoms with Crippen LogP contribution in [-0.4, -0.2) is 18.7 Å². The van der Waals surface area contributed by atoms with Crippen molar-refractivity contribution in [1.82, 2.24) is 0 Å². The van der Waals surface area contributed by atoms with Crippen molar-refractivity contribution in [2.24, 2.45) is 0 Å². The van der Waals surface area contributed by atoms with E-state index in [0.717, 1.165) is 0 Å². The summed E-state index contributed by atoms with van der Waals surface area (Å²) in [5, 5.41) is 0. The van der Waals surface area contributed by atoms with E-state index in [4.69, 9.17) is 9.47 Å². The number of hydrogen-bond donors (Lipinski definition) is 0. The van der Waals surface area contributed by atoms with Gasteiger partial charge in [0.15, 0.2) is 5.52 Å². The van der Waals surface area contributed by atoms with Crippen molar-refractivity contribution >= 4 is 14.8 Å². The third-order valence-electron chi connectivity index (χ3n) is 2.90. The normalized spacial score (nSPS) is 12.7. The minimum Gasteiger partial charge on any atom is -0.493 e. The minimum atomic E-state index is -0.123. The molecule has 1 aromatic rings. The monoisotopic (exact) mass is 302 g/mol. The molecule has 1 saturated carbocycles. The Balaban J connectivity index is 0.000000562. The molecule has 0 heterocycles. The van der Waals surface area contributed by atoms with Crippen LogP contribution >= 0.6 is 9.24 Å². The van der Waals surface area contributed by atoms with Crippen LogP contribution in [0.1, 0.15) is 49.9 Å². The van der Waals surface area contributed by atoms with Gasteiger partial charge in [0, 0.05) is 0 Å². The van der Waals surface area contributed by atoms with Crippen molar-refractivity contribution in [3.8, 4) is 11.5 Å². The minimum absolute atomic E-state index is 0. The quantitative estimate of drug-likeness (QED) is 0.467. The van der Waals surface area contributed by atoms with Crippen LogP contribution < -0.4 is 28.3 Å². The molecule has 1 atom stereocenters. The topological polar surface area (TPSA) is 35.5 Å². The van der Waals surface area contributed by atoms with Gasteiger partial charge in [-0.2, -0.15) is 12.8 Å². The molecule has 1 aliphatic carbocycles. The number of carbonyl (C=O) groups is 1. The van der Waals surface area contributed by atoms with Gasteiger partial charge < -0.3 is 15.9 Å². The van der Waals surface area contributed by atoms with Crippen LogP contribution in [0.15, 0.2) is 18.2 Å². The molecular formula is C16H24LiO3P. The smallest absolute Gasteiger partial charge is 0.493 e. The summed E-state index contributed by atoms with van der Waals surface area (Å²) < 4.78 is 10.7. The second-order valence-electron chi connectivity index (χ2n) is 4.43. The summed E-state index contributed by atoms with van der Waals surface area (Å²) in [4.78, 5) is 11.4. The molecule has 0 radical (unpaired) electrons. The molecule has 0 saturated heterocycles. The van der Waals surface area contributed by atoms with E-state index in [9.17, 15) is 4.79 Å². The third-order valence-corrected chi connectivity index (χ3v) is 3.19. The molecule has 21 heavy (non-hydrogen) atoms. The predicted octanol–water partition coefficient (Wildman–Crippen LogP) is 1.27. The van der Waals surface area contributed by atoms with Crippen LogP contribution in [0.4, 0.5) is 0 Å². The molecule has 0 amide bonds. The van der Waals surface area contributed by atoms with Gasteiger partial charge in [0.1, 0.15) is 17.1 Å². The Morgan fingerprint density at radius 2 is 1.62 bits per heavy atom. The molecule has 0 N–H and O–H groups in total. The number of ether oxygens (including phenoxy) is 2. The molecule has 0 aliphatic heterocycles. The van der Waals surface area contributed by atoms with Crippen LogP contribution in [0.2, 0.25) is 0 Å².